The van der Waals surface area contributed by atoms with E-state index in [0.29, 0.717) is 53.6 Å². The first-order valence-corrected chi connectivity index (χ1v) is 17.8. The highest BCUT2D eigenvalue weighted by atomic mass is 19.4. The van der Waals surface area contributed by atoms with Crippen LogP contribution in [0.4, 0.5) is 24.7 Å². The zero-order valence-electron chi connectivity index (χ0n) is 29.3. The lowest BCUT2D eigenvalue weighted by Gasteiger charge is -2.40. The predicted molar refractivity (Wildman–Crippen MR) is 189 cm³/mol. The molecule has 0 spiro atoms. The molecule has 7 rings (SSSR count). The van der Waals surface area contributed by atoms with Crippen LogP contribution in [0.25, 0.3) is 33.8 Å². The van der Waals surface area contributed by atoms with Gasteiger partial charge in [-0.1, -0.05) is 12.8 Å². The van der Waals surface area contributed by atoms with E-state index in [1.165, 1.54) is 0 Å². The predicted octanol–water partition coefficient (Wildman–Crippen LogP) is 6.61. The number of hydrogen-bond acceptors (Lipinski definition) is 9. The average molecular weight is 707 g/mol. The fourth-order valence-electron chi connectivity index (χ4n) is 7.88. The number of carboxylic acids is 1. The molecule has 0 bridgehead atoms. The number of carbonyl (C=O) groups is 1. The maximum Gasteiger partial charge on any atom is 0.433 e. The lowest BCUT2D eigenvalue weighted by atomic mass is 9.86. The van der Waals surface area contributed by atoms with Crippen LogP contribution in [0.1, 0.15) is 69.2 Å². The monoisotopic (exact) mass is 706 g/mol. The van der Waals surface area contributed by atoms with Gasteiger partial charge in [-0.05, 0) is 62.9 Å². The second-order valence-electron chi connectivity index (χ2n) is 14.6. The molecule has 0 aromatic carbocycles. The number of methoxy groups -OCH3 is 1. The van der Waals surface area contributed by atoms with Gasteiger partial charge < -0.3 is 24.6 Å². The van der Waals surface area contributed by atoms with Crippen LogP contribution in [0.5, 0.6) is 0 Å². The van der Waals surface area contributed by atoms with Crippen molar-refractivity contribution in [3.63, 3.8) is 0 Å². The zero-order valence-corrected chi connectivity index (χ0v) is 29.3. The van der Waals surface area contributed by atoms with Gasteiger partial charge in [0.05, 0.1) is 24.4 Å². The summed E-state index contributed by atoms with van der Waals surface area (Å²) < 4.78 is 47.8. The van der Waals surface area contributed by atoms with E-state index in [2.05, 4.69) is 31.6 Å². The van der Waals surface area contributed by atoms with Crippen LogP contribution in [-0.2, 0) is 15.7 Å². The van der Waals surface area contributed by atoms with E-state index in [9.17, 15) is 18.0 Å². The number of nitrogens with zero attached hydrogens (tertiary/aromatic N) is 7. The Morgan fingerprint density at radius 2 is 1.88 bits per heavy atom. The normalized spacial score (nSPS) is 19.6. The number of imidazole rings is 1. The molecule has 4 aromatic rings. The maximum absolute atomic E-state index is 14.0. The van der Waals surface area contributed by atoms with E-state index in [0.717, 1.165) is 81.3 Å². The lowest BCUT2D eigenvalue weighted by molar-refractivity contribution is -0.141. The number of hydrogen-bond donors (Lipinski definition) is 2. The highest BCUT2D eigenvalue weighted by Crippen LogP contribution is 2.44. The molecule has 51 heavy (non-hydrogen) atoms. The molecule has 272 valence electrons. The van der Waals surface area contributed by atoms with Gasteiger partial charge in [0.25, 0.3) is 0 Å². The molecule has 0 unspecified atom stereocenters. The first-order chi connectivity index (χ1) is 24.4. The molecule has 1 atom stereocenters. The molecule has 2 N–H and O–H groups in total. The zero-order chi connectivity index (χ0) is 35.9. The summed E-state index contributed by atoms with van der Waals surface area (Å²) in [6.07, 6.45) is 3.31. The summed E-state index contributed by atoms with van der Waals surface area (Å²) in [5.41, 5.74) is 2.96. The molecular weight excluding hydrogens is 661 g/mol. The van der Waals surface area contributed by atoms with Gasteiger partial charge in [0.15, 0.2) is 5.65 Å². The standard InChI is InChI=1S/C37H45F3N8O3/c1-23-20-47(13-10-32(49)50)14-15-48(23)31-9-8-25(19-41-31)34-44-33-29(46(2)21-36(22-51-3)11-4-5-12-36)18-28(43-35(33)45-34)26-16-27(24-6-7-24)42-30(17-26)37(38,39)40/h8-9,16-19,23-24H,4-7,10-15,20-22H2,1-3H3,(H,49,50)(H,43,44,45)/t23-/m1/s1. The number of nitrogens with one attached hydrogen (secondary N) is 1. The van der Waals surface area contributed by atoms with Crippen molar-refractivity contribution in [2.45, 2.75) is 70.0 Å². The average Bonchev–Trinajstić information content (AvgIpc) is 3.71. The molecule has 1 saturated heterocycles. The van der Waals surface area contributed by atoms with E-state index in [1.807, 2.05) is 25.2 Å². The number of halogens is 3. The van der Waals surface area contributed by atoms with Crippen molar-refractivity contribution in [3.05, 3.63) is 47.9 Å². The van der Waals surface area contributed by atoms with E-state index in [-0.39, 0.29) is 23.8 Å². The van der Waals surface area contributed by atoms with Crippen LogP contribution in [0.15, 0.2) is 36.5 Å². The van der Waals surface area contributed by atoms with Crippen molar-refractivity contribution in [2.75, 3.05) is 63.3 Å². The summed E-state index contributed by atoms with van der Waals surface area (Å²) in [4.78, 5) is 39.5. The Morgan fingerprint density at radius 1 is 1.10 bits per heavy atom. The van der Waals surface area contributed by atoms with E-state index >= 15 is 0 Å². The minimum atomic E-state index is -4.58. The van der Waals surface area contributed by atoms with E-state index < -0.39 is 17.8 Å². The van der Waals surface area contributed by atoms with Crippen LogP contribution in [0, 0.1) is 5.41 Å². The minimum absolute atomic E-state index is 0.0278. The number of aliphatic carboxylic acids is 1. The van der Waals surface area contributed by atoms with Crippen molar-refractivity contribution in [1.82, 2.24) is 29.8 Å². The van der Waals surface area contributed by atoms with Gasteiger partial charge in [0.1, 0.15) is 22.9 Å². The van der Waals surface area contributed by atoms with Gasteiger partial charge in [0.2, 0.25) is 0 Å². The summed E-state index contributed by atoms with van der Waals surface area (Å²) in [6, 6.07) is 8.78. The number of anilines is 2. The topological polar surface area (TPSA) is 124 Å². The van der Waals surface area contributed by atoms with Crippen molar-refractivity contribution in [2.24, 2.45) is 5.41 Å². The van der Waals surface area contributed by atoms with Crippen LogP contribution >= 0.6 is 0 Å². The Bertz CT molecular complexity index is 1870. The molecule has 2 saturated carbocycles. The molecule has 4 aromatic heterocycles. The molecule has 3 fully saturated rings. The molecule has 11 nitrogen and oxygen atoms in total. The molecule has 0 amide bonds. The first-order valence-electron chi connectivity index (χ1n) is 17.8. The van der Waals surface area contributed by atoms with Crippen LogP contribution < -0.4 is 9.80 Å². The number of pyridine rings is 3. The number of fused-ring (bicyclic) bond motifs is 1. The largest absolute Gasteiger partial charge is 0.481 e. The fraction of sp³-hybridized carbons (Fsp3) is 0.541. The summed E-state index contributed by atoms with van der Waals surface area (Å²) >= 11 is 0. The minimum Gasteiger partial charge on any atom is -0.481 e. The Kier molecular flexibility index (Phi) is 9.65. The van der Waals surface area contributed by atoms with E-state index in [1.54, 1.807) is 19.4 Å². The summed E-state index contributed by atoms with van der Waals surface area (Å²) in [6.45, 7) is 6.22. The SMILES string of the molecule is COCC1(CN(C)c2cc(-c3cc(C4CC4)nc(C(F)(F)F)c3)nc3nc(-c4ccc(N5CCN(CCC(=O)O)C[C@H]5C)nc4)[nH]c23)CCCC1. The summed E-state index contributed by atoms with van der Waals surface area (Å²) in [7, 11) is 3.74. The van der Waals surface area contributed by atoms with Gasteiger partial charge in [-0.15, -0.1) is 0 Å². The molecule has 5 heterocycles. The second-order valence-corrected chi connectivity index (χ2v) is 14.6. The molecule has 3 aliphatic rings. The number of aromatic nitrogens is 5. The van der Waals surface area contributed by atoms with Crippen molar-refractivity contribution in [1.29, 1.82) is 0 Å². The van der Waals surface area contributed by atoms with Crippen molar-refractivity contribution >= 4 is 28.6 Å². The molecule has 14 heteroatoms. The summed E-state index contributed by atoms with van der Waals surface area (Å²) in [5, 5.41) is 9.06. The number of ether oxygens (including phenoxy) is 1. The third-order valence-electron chi connectivity index (χ3n) is 10.6. The van der Waals surface area contributed by atoms with Gasteiger partial charge in [-0.25, -0.2) is 19.9 Å². The quantitative estimate of drug-likeness (QED) is 0.167. The molecule has 2 aliphatic carbocycles. The highest BCUT2D eigenvalue weighted by Gasteiger charge is 2.37. The fourth-order valence-corrected chi connectivity index (χ4v) is 7.88. The smallest absolute Gasteiger partial charge is 0.433 e. The number of alkyl halides is 3. The van der Waals surface area contributed by atoms with Gasteiger partial charge in [0, 0.05) is 87.3 Å². The van der Waals surface area contributed by atoms with E-state index in [4.69, 9.17) is 24.8 Å². The van der Waals surface area contributed by atoms with Crippen LogP contribution in [-0.4, -0.2) is 100 Å². The lowest BCUT2D eigenvalue weighted by Crippen LogP contribution is -2.52. The molecular formula is C37H45F3N8O3. The van der Waals surface area contributed by atoms with Gasteiger partial charge >= 0.3 is 12.1 Å². The Morgan fingerprint density at radius 3 is 2.53 bits per heavy atom. The Balaban J connectivity index is 1.23. The molecule has 0 radical (unpaired) electrons. The highest BCUT2D eigenvalue weighted by molar-refractivity contribution is 5.91. The Labute approximate surface area is 295 Å². The number of aromatic amines is 1. The third kappa shape index (κ3) is 7.67. The third-order valence-corrected chi connectivity index (χ3v) is 10.6. The van der Waals surface area contributed by atoms with Gasteiger partial charge in [-0.3, -0.25) is 9.69 Å². The number of H-pyrrole nitrogens is 1. The van der Waals surface area contributed by atoms with Crippen molar-refractivity contribution in [3.8, 4) is 22.6 Å². The maximum atomic E-state index is 14.0. The number of carboxylic acid groups (broad SMARTS) is 1. The first kappa shape index (κ1) is 35.1. The number of piperazine rings is 1. The number of rotatable bonds is 12. The van der Waals surface area contributed by atoms with Crippen molar-refractivity contribution < 1.29 is 27.8 Å². The molecule has 1 aliphatic heterocycles. The second kappa shape index (κ2) is 14.0. The summed E-state index contributed by atoms with van der Waals surface area (Å²) in [5.74, 6) is 0.625. The van der Waals surface area contributed by atoms with Crippen LogP contribution in [0.2, 0.25) is 0 Å². The Hall–Kier alpha value is -4.30. The van der Waals surface area contributed by atoms with Crippen LogP contribution in [0.3, 0.4) is 0 Å². The van der Waals surface area contributed by atoms with Gasteiger partial charge in [-0.2, -0.15) is 13.2 Å².